The Kier molecular flexibility index (Phi) is 4.90. The molecule has 1 N–H and O–H groups in total. The van der Waals surface area contributed by atoms with Gasteiger partial charge in [-0.25, -0.2) is 0 Å². The first-order valence-electron chi connectivity index (χ1n) is 7.04. The maximum atomic E-state index is 12.1. The van der Waals surface area contributed by atoms with Crippen LogP contribution in [0.4, 0.5) is 0 Å². The lowest BCUT2D eigenvalue weighted by atomic mass is 9.97. The third-order valence-electron chi connectivity index (χ3n) is 3.59. The van der Waals surface area contributed by atoms with Gasteiger partial charge in [0.05, 0.1) is 6.54 Å². The van der Waals surface area contributed by atoms with Gasteiger partial charge in [0.2, 0.25) is 5.91 Å². The molecule has 1 saturated heterocycles. The van der Waals surface area contributed by atoms with E-state index in [2.05, 4.69) is 22.4 Å². The quantitative estimate of drug-likeness (QED) is 0.788. The van der Waals surface area contributed by atoms with Gasteiger partial charge >= 0.3 is 0 Å². The molecule has 1 aromatic heterocycles. The van der Waals surface area contributed by atoms with Crippen LogP contribution >= 0.6 is 0 Å². The maximum absolute atomic E-state index is 12.1. The van der Waals surface area contributed by atoms with Crippen molar-refractivity contribution in [1.82, 2.24) is 25.0 Å². The molecule has 106 valence electrons. The van der Waals surface area contributed by atoms with Crippen LogP contribution in [-0.4, -0.2) is 51.8 Å². The average molecular weight is 265 g/mol. The Labute approximate surface area is 114 Å². The predicted molar refractivity (Wildman–Crippen MR) is 72.7 cm³/mol. The van der Waals surface area contributed by atoms with Gasteiger partial charge in [0, 0.05) is 26.1 Å². The van der Waals surface area contributed by atoms with Gasteiger partial charge in [-0.1, -0.05) is 6.92 Å². The zero-order chi connectivity index (χ0) is 13.7. The van der Waals surface area contributed by atoms with Crippen molar-refractivity contribution in [3.63, 3.8) is 0 Å². The first kappa shape index (κ1) is 14.0. The summed E-state index contributed by atoms with van der Waals surface area (Å²) < 4.78 is 1.95. The van der Waals surface area contributed by atoms with Gasteiger partial charge in [-0.15, -0.1) is 10.2 Å². The van der Waals surface area contributed by atoms with Crippen molar-refractivity contribution >= 4 is 5.91 Å². The zero-order valence-electron chi connectivity index (χ0n) is 11.8. The molecule has 19 heavy (non-hydrogen) atoms. The van der Waals surface area contributed by atoms with Gasteiger partial charge in [0.15, 0.2) is 0 Å². The monoisotopic (exact) mass is 265 g/mol. The van der Waals surface area contributed by atoms with E-state index < -0.39 is 0 Å². The number of carbonyl (C=O) groups is 1. The number of nitrogens with zero attached hydrogens (tertiary/aromatic N) is 4. The number of aryl methyl sites for hydroxylation is 1. The van der Waals surface area contributed by atoms with Gasteiger partial charge in [0.1, 0.15) is 12.2 Å². The van der Waals surface area contributed by atoms with E-state index in [9.17, 15) is 4.79 Å². The topological polar surface area (TPSA) is 63.1 Å². The highest BCUT2D eigenvalue weighted by Gasteiger charge is 2.26. The van der Waals surface area contributed by atoms with E-state index in [1.54, 1.807) is 6.33 Å². The minimum absolute atomic E-state index is 0.195. The standard InChI is InChI=1S/C13H23N5O/c1-3-6-14-8-12(19)18-7-4-5-11(9-18)13-16-15-10-17(13)2/h10-11,14H,3-9H2,1-2H3. The van der Waals surface area contributed by atoms with Crippen LogP contribution in [0.15, 0.2) is 6.33 Å². The summed E-state index contributed by atoms with van der Waals surface area (Å²) in [5.74, 6) is 1.50. The van der Waals surface area contributed by atoms with Crippen LogP contribution in [0.5, 0.6) is 0 Å². The molecule has 1 aliphatic heterocycles. The number of aromatic nitrogens is 3. The Hall–Kier alpha value is -1.43. The van der Waals surface area contributed by atoms with Crippen molar-refractivity contribution in [3.8, 4) is 0 Å². The molecule has 0 aromatic carbocycles. The van der Waals surface area contributed by atoms with E-state index in [0.717, 1.165) is 44.7 Å². The van der Waals surface area contributed by atoms with Gasteiger partial charge < -0.3 is 14.8 Å². The van der Waals surface area contributed by atoms with Crippen molar-refractivity contribution in [3.05, 3.63) is 12.2 Å². The van der Waals surface area contributed by atoms with Gasteiger partial charge in [0.25, 0.3) is 0 Å². The van der Waals surface area contributed by atoms with Gasteiger partial charge in [-0.3, -0.25) is 4.79 Å². The molecule has 1 aromatic rings. The highest BCUT2D eigenvalue weighted by atomic mass is 16.2. The number of rotatable bonds is 5. The van der Waals surface area contributed by atoms with E-state index >= 15 is 0 Å². The fourth-order valence-electron chi connectivity index (χ4n) is 2.56. The van der Waals surface area contributed by atoms with Crippen LogP contribution in [0.3, 0.4) is 0 Å². The Morgan fingerprint density at radius 1 is 1.58 bits per heavy atom. The third kappa shape index (κ3) is 3.53. The Balaban J connectivity index is 1.90. The van der Waals surface area contributed by atoms with Crippen molar-refractivity contribution < 1.29 is 4.79 Å². The molecule has 0 aliphatic carbocycles. The van der Waals surface area contributed by atoms with Crippen LogP contribution in [0, 0.1) is 0 Å². The fourth-order valence-corrected chi connectivity index (χ4v) is 2.56. The minimum atomic E-state index is 0.195. The van der Waals surface area contributed by atoms with Gasteiger partial charge in [-0.2, -0.15) is 0 Å². The number of piperidine rings is 1. The van der Waals surface area contributed by atoms with E-state index in [1.165, 1.54) is 0 Å². The normalized spacial score (nSPS) is 19.7. The van der Waals surface area contributed by atoms with Crippen molar-refractivity contribution in [2.75, 3.05) is 26.2 Å². The minimum Gasteiger partial charge on any atom is -0.341 e. The first-order valence-corrected chi connectivity index (χ1v) is 7.04. The molecule has 1 fully saturated rings. The number of carbonyl (C=O) groups excluding carboxylic acids is 1. The Bertz CT molecular complexity index is 417. The molecule has 0 bridgehead atoms. The highest BCUT2D eigenvalue weighted by Crippen LogP contribution is 2.24. The fraction of sp³-hybridized carbons (Fsp3) is 0.769. The van der Waals surface area contributed by atoms with Crippen LogP contribution in [-0.2, 0) is 11.8 Å². The van der Waals surface area contributed by atoms with E-state index in [0.29, 0.717) is 12.5 Å². The van der Waals surface area contributed by atoms with Crippen LogP contribution in [0.2, 0.25) is 0 Å². The Morgan fingerprint density at radius 2 is 2.42 bits per heavy atom. The number of likely N-dealkylation sites (tertiary alicyclic amines) is 1. The summed E-state index contributed by atoms with van der Waals surface area (Å²) in [6.07, 6.45) is 4.89. The molecule has 1 aliphatic rings. The lowest BCUT2D eigenvalue weighted by Gasteiger charge is -2.32. The van der Waals surface area contributed by atoms with Crippen LogP contribution < -0.4 is 5.32 Å². The molecule has 1 unspecified atom stereocenters. The van der Waals surface area contributed by atoms with Crippen molar-refractivity contribution in [2.45, 2.75) is 32.1 Å². The molecular weight excluding hydrogens is 242 g/mol. The number of amides is 1. The largest absolute Gasteiger partial charge is 0.341 e. The van der Waals surface area contributed by atoms with Gasteiger partial charge in [-0.05, 0) is 25.8 Å². The summed E-state index contributed by atoms with van der Waals surface area (Å²) in [5.41, 5.74) is 0. The molecule has 6 heteroatoms. The predicted octanol–water partition coefficient (Wildman–Crippen LogP) is 0.521. The second-order valence-electron chi connectivity index (χ2n) is 5.16. The lowest BCUT2D eigenvalue weighted by Crippen LogP contribution is -2.43. The highest BCUT2D eigenvalue weighted by molar-refractivity contribution is 5.78. The summed E-state index contributed by atoms with van der Waals surface area (Å²) in [6.45, 7) is 5.06. The third-order valence-corrected chi connectivity index (χ3v) is 3.59. The summed E-state index contributed by atoms with van der Waals surface area (Å²) in [6, 6.07) is 0. The summed E-state index contributed by atoms with van der Waals surface area (Å²) in [5, 5.41) is 11.3. The average Bonchev–Trinajstić information content (AvgIpc) is 2.85. The lowest BCUT2D eigenvalue weighted by molar-refractivity contribution is -0.131. The number of nitrogens with one attached hydrogen (secondary N) is 1. The van der Waals surface area contributed by atoms with E-state index in [-0.39, 0.29) is 5.91 Å². The second-order valence-corrected chi connectivity index (χ2v) is 5.16. The molecule has 2 heterocycles. The van der Waals surface area contributed by atoms with Crippen LogP contribution in [0.25, 0.3) is 0 Å². The zero-order valence-corrected chi connectivity index (χ0v) is 11.8. The van der Waals surface area contributed by atoms with Crippen molar-refractivity contribution in [1.29, 1.82) is 0 Å². The second kappa shape index (κ2) is 6.65. The molecule has 0 saturated carbocycles. The maximum Gasteiger partial charge on any atom is 0.236 e. The summed E-state index contributed by atoms with van der Waals surface area (Å²) in [4.78, 5) is 14.0. The molecule has 0 spiro atoms. The molecule has 1 amide bonds. The van der Waals surface area contributed by atoms with E-state index in [4.69, 9.17) is 0 Å². The Morgan fingerprint density at radius 3 is 3.11 bits per heavy atom. The SMILES string of the molecule is CCCNCC(=O)N1CCCC(c2nncn2C)C1. The first-order chi connectivity index (χ1) is 9.22. The summed E-state index contributed by atoms with van der Waals surface area (Å²) in [7, 11) is 1.96. The van der Waals surface area contributed by atoms with Crippen LogP contribution in [0.1, 0.15) is 37.9 Å². The molecule has 0 radical (unpaired) electrons. The van der Waals surface area contributed by atoms with E-state index in [1.807, 2.05) is 16.5 Å². The number of hydrogen-bond acceptors (Lipinski definition) is 4. The number of hydrogen-bond donors (Lipinski definition) is 1. The van der Waals surface area contributed by atoms with Crippen molar-refractivity contribution in [2.24, 2.45) is 7.05 Å². The molecule has 6 nitrogen and oxygen atoms in total. The summed E-state index contributed by atoms with van der Waals surface area (Å²) >= 11 is 0. The smallest absolute Gasteiger partial charge is 0.236 e. The molecule has 1 atom stereocenters. The molecule has 2 rings (SSSR count). The molecular formula is C13H23N5O.